The van der Waals surface area contributed by atoms with Crippen molar-refractivity contribution in [2.45, 2.75) is 115 Å². The van der Waals surface area contributed by atoms with Crippen LogP contribution in [0.4, 0.5) is 0 Å². The van der Waals surface area contributed by atoms with Crippen molar-refractivity contribution in [3.8, 4) is 0 Å². The topological polar surface area (TPSA) is 40.1 Å². The fraction of sp³-hybridized carbons (Fsp3) is 0.913. The van der Waals surface area contributed by atoms with Crippen LogP contribution in [0.1, 0.15) is 110 Å². The molecule has 27 heavy (non-hydrogen) atoms. The highest BCUT2D eigenvalue weighted by atomic mass is 31.1. The van der Waals surface area contributed by atoms with Crippen molar-refractivity contribution < 1.29 is 13.9 Å². The highest BCUT2D eigenvalue weighted by Gasteiger charge is 2.53. The monoisotopic (exact) mass is 400 g/mol. The Kier molecular flexibility index (Phi) is 15.5. The summed E-state index contributed by atoms with van der Waals surface area (Å²) in [5, 5.41) is -0.600. The van der Waals surface area contributed by atoms with Crippen LogP contribution in [-0.2, 0) is 4.57 Å². The molecule has 160 valence electrons. The molecule has 0 rings (SSSR count). The zero-order valence-electron chi connectivity index (χ0n) is 19.0. The first-order valence-electron chi connectivity index (χ1n) is 11.4. The molecule has 3 nitrogen and oxygen atoms in total. The molecule has 0 aliphatic rings. The zero-order chi connectivity index (χ0) is 20.6. The predicted molar refractivity (Wildman–Crippen MR) is 118 cm³/mol. The lowest BCUT2D eigenvalue weighted by Crippen LogP contribution is -2.55. The molecule has 0 bridgehead atoms. The molecule has 0 saturated heterocycles. The van der Waals surface area contributed by atoms with Gasteiger partial charge in [-0.1, -0.05) is 75.5 Å². The van der Waals surface area contributed by atoms with Crippen molar-refractivity contribution in [2.75, 3.05) is 21.1 Å². The molecule has 0 fully saturated rings. The molecule has 0 saturated carbocycles. The van der Waals surface area contributed by atoms with Gasteiger partial charge in [-0.3, -0.25) is 4.48 Å². The lowest BCUT2D eigenvalue weighted by molar-refractivity contribution is -0.910. The summed E-state index contributed by atoms with van der Waals surface area (Å²) in [6, 6.07) is 0. The third kappa shape index (κ3) is 11.4. The lowest BCUT2D eigenvalue weighted by atomic mass is 9.99. The second kappa shape index (κ2) is 15.7. The molecule has 0 aliphatic heterocycles. The largest absolute Gasteiger partial charge is 0.590 e. The van der Waals surface area contributed by atoms with Gasteiger partial charge in [-0.05, 0) is 38.5 Å². The molecule has 0 radical (unpaired) electrons. The van der Waals surface area contributed by atoms with Crippen molar-refractivity contribution >= 4 is 8.03 Å². The van der Waals surface area contributed by atoms with Crippen LogP contribution < -0.4 is 4.89 Å². The van der Waals surface area contributed by atoms with Gasteiger partial charge in [-0.15, -0.1) is 0 Å². The second-order valence-electron chi connectivity index (χ2n) is 8.98. The van der Waals surface area contributed by atoms with Gasteiger partial charge in [0.1, 0.15) is 0 Å². The van der Waals surface area contributed by atoms with Gasteiger partial charge >= 0.3 is 8.03 Å². The molecule has 4 heteroatoms. The number of rotatable bonds is 18. The molecule has 0 N–H and O–H groups in total. The number of allylic oxidation sites excluding steroid dienone is 2. The van der Waals surface area contributed by atoms with E-state index in [0.717, 1.165) is 38.5 Å². The molecule has 0 aliphatic carbocycles. The van der Waals surface area contributed by atoms with Crippen LogP contribution in [0.25, 0.3) is 0 Å². The molecule has 0 aromatic rings. The fourth-order valence-electron chi connectivity index (χ4n) is 3.93. The molecule has 0 heterocycles. The number of hydrogen-bond acceptors (Lipinski definition) is 2. The van der Waals surface area contributed by atoms with E-state index in [1.54, 1.807) is 0 Å². The van der Waals surface area contributed by atoms with E-state index in [1.807, 2.05) is 21.1 Å². The van der Waals surface area contributed by atoms with Crippen LogP contribution in [0.2, 0.25) is 0 Å². The van der Waals surface area contributed by atoms with Gasteiger partial charge < -0.3 is 4.89 Å². The van der Waals surface area contributed by atoms with Crippen LogP contribution >= 0.6 is 8.03 Å². The maximum atomic E-state index is 12.0. The molecule has 0 amide bonds. The summed E-state index contributed by atoms with van der Waals surface area (Å²) < 4.78 is 12.5. The minimum absolute atomic E-state index is 0.512. The van der Waals surface area contributed by atoms with Crippen molar-refractivity contribution in [2.24, 2.45) is 0 Å². The normalized spacial score (nSPS) is 15.3. The van der Waals surface area contributed by atoms with E-state index >= 15 is 0 Å². The predicted octanol–water partition coefficient (Wildman–Crippen LogP) is 6.94. The molecular formula is C23H47NO2P+. The molecule has 2 unspecified atom stereocenters. The van der Waals surface area contributed by atoms with E-state index in [1.165, 1.54) is 57.8 Å². The molecule has 0 spiro atoms. The number of unbranched alkanes of at least 4 members (excludes halogenated alkanes) is 10. The smallest absolute Gasteiger partial charge is 0.376 e. The number of hydrogen-bond donors (Lipinski definition) is 0. The van der Waals surface area contributed by atoms with Gasteiger partial charge in [0.25, 0.3) is 5.28 Å². The van der Waals surface area contributed by atoms with Crippen LogP contribution in [0.5, 0.6) is 0 Å². The van der Waals surface area contributed by atoms with E-state index in [2.05, 4.69) is 26.0 Å². The summed E-state index contributed by atoms with van der Waals surface area (Å²) in [6.45, 7) is 4.35. The van der Waals surface area contributed by atoms with E-state index in [-0.39, 0.29) is 0 Å². The van der Waals surface area contributed by atoms with Crippen LogP contribution in [0, 0.1) is 0 Å². The summed E-state index contributed by atoms with van der Waals surface area (Å²) in [5.74, 6) is 0. The molecular weight excluding hydrogens is 353 g/mol. The van der Waals surface area contributed by atoms with Crippen molar-refractivity contribution in [1.29, 1.82) is 0 Å². The highest BCUT2D eigenvalue weighted by molar-refractivity contribution is 7.38. The van der Waals surface area contributed by atoms with Crippen molar-refractivity contribution in [3.05, 3.63) is 12.2 Å². The third-order valence-electron chi connectivity index (χ3n) is 5.83. The van der Waals surface area contributed by atoms with Gasteiger partial charge in [0.2, 0.25) is 0 Å². The van der Waals surface area contributed by atoms with Crippen LogP contribution in [0.15, 0.2) is 12.2 Å². The van der Waals surface area contributed by atoms with Crippen molar-refractivity contribution in [3.63, 3.8) is 0 Å². The van der Waals surface area contributed by atoms with Gasteiger partial charge in [0, 0.05) is 12.8 Å². The lowest BCUT2D eigenvalue weighted by Gasteiger charge is -2.39. The number of nitrogens with zero attached hydrogens (tertiary/aromatic N) is 1. The molecule has 2 atom stereocenters. The maximum Gasteiger partial charge on any atom is 0.376 e. The summed E-state index contributed by atoms with van der Waals surface area (Å²) in [6.07, 6.45) is 22.4. The minimum atomic E-state index is -2.43. The summed E-state index contributed by atoms with van der Waals surface area (Å²) in [4.78, 5) is 12.0. The Morgan fingerprint density at radius 3 is 1.67 bits per heavy atom. The number of quaternary nitrogens is 1. The standard InChI is InChI=1S/C23H47NO2P/c1-6-8-9-10-11-12-13-14-15-16-17-18-19-20-22-23(21-7-2,27(25)26)24(3,4)5/h15-16H,6-14,17-22H2,1-5H3/q+1/b16-15-. The Morgan fingerprint density at radius 1 is 0.741 bits per heavy atom. The van der Waals surface area contributed by atoms with Gasteiger partial charge in [-0.25, -0.2) is 0 Å². The zero-order valence-corrected chi connectivity index (χ0v) is 19.9. The molecule has 0 aromatic carbocycles. The van der Waals surface area contributed by atoms with Crippen molar-refractivity contribution in [1.82, 2.24) is 0 Å². The first-order chi connectivity index (χ1) is 12.8. The summed E-state index contributed by atoms with van der Waals surface area (Å²) in [5.41, 5.74) is 0. The minimum Gasteiger partial charge on any atom is -0.590 e. The van der Waals surface area contributed by atoms with E-state index in [9.17, 15) is 9.46 Å². The highest BCUT2D eigenvalue weighted by Crippen LogP contribution is 2.45. The Labute approximate surface area is 171 Å². The quantitative estimate of drug-likeness (QED) is 0.108. The second-order valence-corrected chi connectivity index (χ2v) is 10.3. The van der Waals surface area contributed by atoms with E-state index in [4.69, 9.17) is 0 Å². The Hall–Kier alpha value is -0.240. The van der Waals surface area contributed by atoms with E-state index in [0.29, 0.717) is 4.48 Å². The SMILES string of the molecule is CCCCCCCCC/C=C\CCCCCC(CCC)([P+](=O)[O-])[N+](C)(C)C. The van der Waals surface area contributed by atoms with Gasteiger partial charge in [-0.2, -0.15) is 0 Å². The first-order valence-corrected chi connectivity index (χ1v) is 12.6. The van der Waals surface area contributed by atoms with E-state index < -0.39 is 13.3 Å². The fourth-order valence-corrected chi connectivity index (χ4v) is 5.16. The Morgan fingerprint density at radius 2 is 1.22 bits per heavy atom. The average Bonchev–Trinajstić information content (AvgIpc) is 2.59. The van der Waals surface area contributed by atoms with Gasteiger partial charge in [0.05, 0.1) is 21.1 Å². The maximum absolute atomic E-state index is 12.0. The summed E-state index contributed by atoms with van der Waals surface area (Å²) in [7, 11) is 3.64. The Bertz CT molecular complexity index is 404. The average molecular weight is 401 g/mol. The third-order valence-corrected chi connectivity index (χ3v) is 7.55. The Balaban J connectivity index is 3.89. The first kappa shape index (κ1) is 26.8. The van der Waals surface area contributed by atoms with Crippen LogP contribution in [0.3, 0.4) is 0 Å². The van der Waals surface area contributed by atoms with Gasteiger partial charge in [0.15, 0.2) is 0 Å². The molecule has 0 aromatic heterocycles. The van der Waals surface area contributed by atoms with Crippen LogP contribution in [-0.4, -0.2) is 30.9 Å². The summed E-state index contributed by atoms with van der Waals surface area (Å²) >= 11 is 0.